The maximum Gasteiger partial charge on any atom is 0.410 e. The average Bonchev–Trinajstić information content (AvgIpc) is 2.74. The van der Waals surface area contributed by atoms with Gasteiger partial charge in [0.2, 0.25) is 0 Å². The molecule has 0 radical (unpaired) electrons. The maximum atomic E-state index is 14.5. The number of carbonyl (C=O) groups is 1. The summed E-state index contributed by atoms with van der Waals surface area (Å²) in [7, 11) is 0. The molecule has 1 unspecified atom stereocenters. The van der Waals surface area contributed by atoms with Crippen molar-refractivity contribution in [1.82, 2.24) is 14.9 Å². The van der Waals surface area contributed by atoms with Crippen molar-refractivity contribution < 1.29 is 18.3 Å². The van der Waals surface area contributed by atoms with Gasteiger partial charge in [0.25, 0.3) is 5.92 Å². The first kappa shape index (κ1) is 23.5. The molecule has 0 bridgehead atoms. The largest absolute Gasteiger partial charge is 0.445 e. The third-order valence-corrected chi connectivity index (χ3v) is 4.80. The zero-order valence-electron chi connectivity index (χ0n) is 18.0. The van der Waals surface area contributed by atoms with Gasteiger partial charge in [-0.05, 0) is 25.8 Å². The molecule has 1 aromatic heterocycles. The SMILES string of the molecule is CC.Cc1ccc(COC(=O)N2CCC(CNc3cnc(C)cn3)C(F)(F)C2)cc1. The van der Waals surface area contributed by atoms with Crippen molar-refractivity contribution in [1.29, 1.82) is 0 Å². The summed E-state index contributed by atoms with van der Waals surface area (Å²) in [6.07, 6.45) is 2.56. The number of aryl methyl sites for hydroxylation is 2. The van der Waals surface area contributed by atoms with E-state index in [4.69, 9.17) is 4.74 Å². The Labute approximate surface area is 176 Å². The molecule has 3 rings (SSSR count). The first-order valence-electron chi connectivity index (χ1n) is 10.2. The van der Waals surface area contributed by atoms with Gasteiger partial charge in [0.05, 0.1) is 24.6 Å². The van der Waals surface area contributed by atoms with Gasteiger partial charge in [0, 0.05) is 19.0 Å². The summed E-state index contributed by atoms with van der Waals surface area (Å²) in [5.74, 6) is -3.44. The summed E-state index contributed by atoms with van der Waals surface area (Å²) in [6.45, 7) is 7.48. The van der Waals surface area contributed by atoms with Crippen molar-refractivity contribution >= 4 is 11.9 Å². The molecular formula is C22H30F2N4O2. The van der Waals surface area contributed by atoms with E-state index in [1.54, 1.807) is 13.1 Å². The molecule has 30 heavy (non-hydrogen) atoms. The van der Waals surface area contributed by atoms with Crippen molar-refractivity contribution in [3.63, 3.8) is 0 Å². The lowest BCUT2D eigenvalue weighted by molar-refractivity contribution is -0.101. The molecule has 164 valence electrons. The molecule has 6 nitrogen and oxygen atoms in total. The number of nitrogens with one attached hydrogen (secondary N) is 1. The van der Waals surface area contributed by atoms with Crippen LogP contribution in [0.15, 0.2) is 36.7 Å². The summed E-state index contributed by atoms with van der Waals surface area (Å²) in [6, 6.07) is 7.52. The van der Waals surface area contributed by atoms with Gasteiger partial charge in [-0.1, -0.05) is 43.7 Å². The molecule has 1 saturated heterocycles. The molecule has 0 aliphatic carbocycles. The summed E-state index contributed by atoms with van der Waals surface area (Å²) in [5.41, 5.74) is 2.68. The number of nitrogens with zero attached hydrogens (tertiary/aromatic N) is 3. The van der Waals surface area contributed by atoms with E-state index in [0.717, 1.165) is 21.7 Å². The number of hydrogen-bond donors (Lipinski definition) is 1. The Kier molecular flexibility index (Phi) is 8.50. The van der Waals surface area contributed by atoms with E-state index in [9.17, 15) is 13.6 Å². The standard InChI is InChI=1S/C20H24F2N4O2.C2H6/c1-14-3-5-16(6-4-14)12-28-19(27)26-8-7-17(20(21,22)13-26)10-25-18-11-23-15(2)9-24-18;1-2/h3-6,9,11,17H,7-8,10,12-13H2,1-2H3,(H,24,25);1-2H3. The Hall–Kier alpha value is -2.77. The average molecular weight is 421 g/mol. The zero-order valence-corrected chi connectivity index (χ0v) is 18.0. The highest BCUT2D eigenvalue weighted by Crippen LogP contribution is 2.33. The Bertz CT molecular complexity index is 798. The molecule has 2 aromatic rings. The lowest BCUT2D eigenvalue weighted by Gasteiger charge is -2.37. The smallest absolute Gasteiger partial charge is 0.410 e. The lowest BCUT2D eigenvalue weighted by Crippen LogP contribution is -2.52. The van der Waals surface area contributed by atoms with E-state index in [1.807, 2.05) is 45.0 Å². The van der Waals surface area contributed by atoms with Gasteiger partial charge >= 0.3 is 6.09 Å². The van der Waals surface area contributed by atoms with Gasteiger partial charge in [0.15, 0.2) is 0 Å². The number of likely N-dealkylation sites (tertiary alicyclic amines) is 1. The third-order valence-electron chi connectivity index (χ3n) is 4.80. The van der Waals surface area contributed by atoms with Crippen LogP contribution >= 0.6 is 0 Å². The lowest BCUT2D eigenvalue weighted by atomic mass is 9.93. The number of halogens is 2. The van der Waals surface area contributed by atoms with E-state index in [2.05, 4.69) is 15.3 Å². The molecule has 1 N–H and O–H groups in total. The third kappa shape index (κ3) is 6.64. The number of aromatic nitrogens is 2. The van der Waals surface area contributed by atoms with Crippen molar-refractivity contribution in [3.8, 4) is 0 Å². The van der Waals surface area contributed by atoms with Crippen LogP contribution in [-0.4, -0.2) is 46.5 Å². The minimum absolute atomic E-state index is 0.0665. The number of hydrogen-bond acceptors (Lipinski definition) is 5. The number of rotatable bonds is 5. The van der Waals surface area contributed by atoms with E-state index in [-0.39, 0.29) is 26.1 Å². The fourth-order valence-electron chi connectivity index (χ4n) is 3.02. The minimum Gasteiger partial charge on any atom is -0.445 e. The quantitative estimate of drug-likeness (QED) is 0.751. The van der Waals surface area contributed by atoms with Crippen LogP contribution < -0.4 is 5.32 Å². The predicted octanol–water partition coefficient (Wildman–Crippen LogP) is 4.83. The summed E-state index contributed by atoms with van der Waals surface area (Å²) in [5, 5.41) is 2.90. The monoisotopic (exact) mass is 420 g/mol. The summed E-state index contributed by atoms with van der Waals surface area (Å²) < 4.78 is 34.3. The highest BCUT2D eigenvalue weighted by atomic mass is 19.3. The van der Waals surface area contributed by atoms with E-state index in [1.165, 1.54) is 6.20 Å². The molecule has 1 amide bonds. The second kappa shape index (κ2) is 10.8. The number of ether oxygens (including phenoxy) is 1. The Morgan fingerprint density at radius 3 is 2.50 bits per heavy atom. The van der Waals surface area contributed by atoms with Gasteiger partial charge in [0.1, 0.15) is 12.4 Å². The van der Waals surface area contributed by atoms with Crippen LogP contribution in [0.2, 0.25) is 0 Å². The zero-order chi connectivity index (χ0) is 22.1. The molecule has 0 spiro atoms. The number of anilines is 1. The van der Waals surface area contributed by atoms with E-state index >= 15 is 0 Å². The molecule has 1 aromatic carbocycles. The molecule has 1 fully saturated rings. The van der Waals surface area contributed by atoms with Crippen molar-refractivity contribution in [2.24, 2.45) is 5.92 Å². The summed E-state index contributed by atoms with van der Waals surface area (Å²) in [4.78, 5) is 21.5. The van der Waals surface area contributed by atoms with Crippen LogP contribution in [0, 0.1) is 19.8 Å². The number of benzene rings is 1. The number of carbonyl (C=O) groups excluding carboxylic acids is 1. The first-order valence-corrected chi connectivity index (χ1v) is 10.2. The molecule has 8 heteroatoms. The van der Waals surface area contributed by atoms with Gasteiger partial charge in [-0.25, -0.2) is 18.6 Å². The molecule has 1 aliphatic rings. The predicted molar refractivity (Wildman–Crippen MR) is 113 cm³/mol. The highest BCUT2D eigenvalue weighted by Gasteiger charge is 2.46. The Morgan fingerprint density at radius 1 is 1.20 bits per heavy atom. The van der Waals surface area contributed by atoms with Crippen molar-refractivity contribution in [2.75, 3.05) is 25.0 Å². The highest BCUT2D eigenvalue weighted by molar-refractivity contribution is 5.68. The Morgan fingerprint density at radius 2 is 1.90 bits per heavy atom. The van der Waals surface area contributed by atoms with Crippen LogP contribution in [0.5, 0.6) is 0 Å². The van der Waals surface area contributed by atoms with Gasteiger partial charge in [-0.3, -0.25) is 4.98 Å². The second-order valence-electron chi connectivity index (χ2n) is 7.13. The van der Waals surface area contributed by atoms with E-state index < -0.39 is 24.5 Å². The van der Waals surface area contributed by atoms with Gasteiger partial charge in [-0.2, -0.15) is 0 Å². The summed E-state index contributed by atoms with van der Waals surface area (Å²) >= 11 is 0. The number of piperidine rings is 1. The fraction of sp³-hybridized carbons (Fsp3) is 0.500. The van der Waals surface area contributed by atoms with E-state index in [0.29, 0.717) is 5.82 Å². The van der Waals surface area contributed by atoms with Crippen LogP contribution in [0.25, 0.3) is 0 Å². The van der Waals surface area contributed by atoms with Crippen molar-refractivity contribution in [3.05, 3.63) is 53.5 Å². The molecular weight excluding hydrogens is 390 g/mol. The van der Waals surface area contributed by atoms with Crippen LogP contribution in [0.4, 0.5) is 19.4 Å². The van der Waals surface area contributed by atoms with Crippen molar-refractivity contribution in [2.45, 2.75) is 46.6 Å². The second-order valence-corrected chi connectivity index (χ2v) is 7.13. The molecule has 0 saturated carbocycles. The van der Waals surface area contributed by atoms with Crippen LogP contribution in [-0.2, 0) is 11.3 Å². The van der Waals surface area contributed by atoms with Crippen LogP contribution in [0.3, 0.4) is 0 Å². The fourth-order valence-corrected chi connectivity index (χ4v) is 3.02. The Balaban J connectivity index is 0.00000155. The number of amides is 1. The van der Waals surface area contributed by atoms with Gasteiger partial charge in [-0.15, -0.1) is 0 Å². The van der Waals surface area contributed by atoms with Crippen LogP contribution in [0.1, 0.15) is 37.1 Å². The topological polar surface area (TPSA) is 67.3 Å². The first-order chi connectivity index (χ1) is 14.3. The molecule has 1 atom stereocenters. The minimum atomic E-state index is -3.01. The number of alkyl halides is 2. The van der Waals surface area contributed by atoms with Gasteiger partial charge < -0.3 is 15.0 Å². The maximum absolute atomic E-state index is 14.5. The molecule has 2 heterocycles. The molecule has 1 aliphatic heterocycles. The normalized spacial score (nSPS) is 17.5.